The molecule has 3 aromatic rings. The summed E-state index contributed by atoms with van der Waals surface area (Å²) in [7, 11) is 1.58. The average Bonchev–Trinajstić information content (AvgIpc) is 3.52. The number of methoxy groups -OCH3 is 1. The van der Waals surface area contributed by atoms with Crippen molar-refractivity contribution in [2.75, 3.05) is 30.5 Å². The molecule has 176 valence electrons. The van der Waals surface area contributed by atoms with Crippen LogP contribution in [0, 0.1) is 5.92 Å². The number of amides is 3. The van der Waals surface area contributed by atoms with E-state index in [1.165, 1.54) is 0 Å². The van der Waals surface area contributed by atoms with Crippen molar-refractivity contribution in [1.82, 2.24) is 5.32 Å². The summed E-state index contributed by atoms with van der Waals surface area (Å²) >= 11 is 1.58. The number of nitrogens with zero attached hydrogens (tertiary/aromatic N) is 1. The van der Waals surface area contributed by atoms with E-state index >= 15 is 0 Å². The zero-order valence-corrected chi connectivity index (χ0v) is 19.5. The zero-order valence-electron chi connectivity index (χ0n) is 18.7. The number of nitrogens with one attached hydrogen (secondary N) is 2. The fourth-order valence-corrected chi connectivity index (χ4v) is 4.25. The van der Waals surface area contributed by atoms with Gasteiger partial charge >= 0.3 is 0 Å². The van der Waals surface area contributed by atoms with Crippen molar-refractivity contribution in [2.45, 2.75) is 13.0 Å². The van der Waals surface area contributed by atoms with Crippen LogP contribution in [0.3, 0.4) is 0 Å². The Morgan fingerprint density at radius 2 is 1.79 bits per heavy atom. The summed E-state index contributed by atoms with van der Waals surface area (Å²) < 4.78 is 10.6. The summed E-state index contributed by atoms with van der Waals surface area (Å²) in [6.07, 6.45) is 0.181. The van der Waals surface area contributed by atoms with E-state index in [4.69, 9.17) is 9.47 Å². The van der Waals surface area contributed by atoms with Crippen LogP contribution in [0.25, 0.3) is 0 Å². The third-order valence-corrected chi connectivity index (χ3v) is 6.28. The largest absolute Gasteiger partial charge is 0.497 e. The molecule has 0 spiro atoms. The topological polar surface area (TPSA) is 97.0 Å². The molecule has 0 bridgehead atoms. The van der Waals surface area contributed by atoms with E-state index in [2.05, 4.69) is 10.6 Å². The van der Waals surface area contributed by atoms with Crippen molar-refractivity contribution in [1.29, 1.82) is 0 Å². The Kier molecular flexibility index (Phi) is 7.44. The lowest BCUT2D eigenvalue weighted by Crippen LogP contribution is -2.32. The molecule has 3 amide bonds. The standard InChI is InChI=1S/C25H25N3O5S/c1-32-20-8-4-18(5-9-20)27-23(29)16-33-21-10-6-19(7-11-21)28-15-17(13-24(28)30)25(31)26-14-22-3-2-12-34-22/h2-12,17H,13-16H2,1H3,(H,26,31)(H,27,29)/t17-/m0/s1. The van der Waals surface area contributed by atoms with Crippen LogP contribution >= 0.6 is 11.3 Å². The molecule has 9 heteroatoms. The third-order valence-electron chi connectivity index (χ3n) is 5.40. The van der Waals surface area contributed by atoms with Crippen LogP contribution in [0.5, 0.6) is 11.5 Å². The molecular weight excluding hydrogens is 454 g/mol. The van der Waals surface area contributed by atoms with Gasteiger partial charge in [0.2, 0.25) is 11.8 Å². The van der Waals surface area contributed by atoms with Crippen molar-refractivity contribution in [3.05, 3.63) is 70.9 Å². The summed E-state index contributed by atoms with van der Waals surface area (Å²) in [6.45, 7) is 0.652. The number of hydrogen-bond acceptors (Lipinski definition) is 6. The van der Waals surface area contributed by atoms with Crippen LogP contribution in [0.2, 0.25) is 0 Å². The fraction of sp³-hybridized carbons (Fsp3) is 0.240. The van der Waals surface area contributed by atoms with Gasteiger partial charge in [-0.25, -0.2) is 0 Å². The van der Waals surface area contributed by atoms with Crippen molar-refractivity contribution in [3.8, 4) is 11.5 Å². The maximum atomic E-state index is 12.5. The molecule has 1 saturated heterocycles. The van der Waals surface area contributed by atoms with E-state index in [0.29, 0.717) is 36.0 Å². The first-order valence-electron chi connectivity index (χ1n) is 10.8. The van der Waals surface area contributed by atoms with Crippen LogP contribution in [-0.4, -0.2) is 38.0 Å². The molecule has 0 radical (unpaired) electrons. The Hall–Kier alpha value is -3.85. The molecule has 4 rings (SSSR count). The molecule has 1 aliphatic rings. The number of ether oxygens (including phenoxy) is 2. The number of carbonyl (C=O) groups excluding carboxylic acids is 3. The number of hydrogen-bond donors (Lipinski definition) is 2. The highest BCUT2D eigenvalue weighted by Gasteiger charge is 2.35. The van der Waals surface area contributed by atoms with Gasteiger partial charge < -0.3 is 25.0 Å². The molecular formula is C25H25N3O5S. The van der Waals surface area contributed by atoms with Gasteiger partial charge in [0.15, 0.2) is 6.61 Å². The second-order valence-corrected chi connectivity index (χ2v) is 8.79. The Morgan fingerprint density at radius 3 is 2.47 bits per heavy atom. The van der Waals surface area contributed by atoms with Crippen molar-refractivity contribution >= 4 is 40.4 Å². The highest BCUT2D eigenvalue weighted by Crippen LogP contribution is 2.27. The second-order valence-electron chi connectivity index (χ2n) is 7.76. The van der Waals surface area contributed by atoms with Crippen molar-refractivity contribution < 1.29 is 23.9 Å². The predicted molar refractivity (Wildman–Crippen MR) is 130 cm³/mol. The van der Waals surface area contributed by atoms with E-state index in [-0.39, 0.29) is 36.7 Å². The normalized spacial score (nSPS) is 15.1. The smallest absolute Gasteiger partial charge is 0.262 e. The van der Waals surface area contributed by atoms with Gasteiger partial charge in [0.25, 0.3) is 5.91 Å². The summed E-state index contributed by atoms with van der Waals surface area (Å²) in [5.74, 6) is 0.322. The molecule has 2 N–H and O–H groups in total. The SMILES string of the molecule is COc1ccc(NC(=O)COc2ccc(N3C[C@@H](C(=O)NCc4cccs4)CC3=O)cc2)cc1. The first-order valence-corrected chi connectivity index (χ1v) is 11.7. The molecule has 1 fully saturated rings. The van der Waals surface area contributed by atoms with E-state index in [1.54, 1.807) is 71.9 Å². The van der Waals surface area contributed by atoms with Crippen LogP contribution < -0.4 is 25.0 Å². The van der Waals surface area contributed by atoms with Gasteiger partial charge in [-0.2, -0.15) is 0 Å². The molecule has 8 nitrogen and oxygen atoms in total. The molecule has 0 aliphatic carbocycles. The van der Waals surface area contributed by atoms with Crippen LogP contribution in [0.15, 0.2) is 66.0 Å². The number of thiophene rings is 1. The van der Waals surface area contributed by atoms with Gasteiger partial charge in [0, 0.05) is 29.2 Å². The lowest BCUT2D eigenvalue weighted by Gasteiger charge is -2.17. The lowest BCUT2D eigenvalue weighted by molar-refractivity contribution is -0.126. The van der Waals surface area contributed by atoms with Gasteiger partial charge in [-0.15, -0.1) is 11.3 Å². The molecule has 0 unspecified atom stereocenters. The Bertz CT molecular complexity index is 1130. The minimum Gasteiger partial charge on any atom is -0.497 e. The summed E-state index contributed by atoms with van der Waals surface area (Å²) in [6, 6.07) is 17.8. The minimum atomic E-state index is -0.384. The van der Waals surface area contributed by atoms with Gasteiger partial charge in [0.05, 0.1) is 19.6 Å². The minimum absolute atomic E-state index is 0.0937. The Labute approximate surface area is 201 Å². The van der Waals surface area contributed by atoms with Gasteiger partial charge in [-0.1, -0.05) is 6.07 Å². The number of carbonyl (C=O) groups is 3. The van der Waals surface area contributed by atoms with E-state index in [0.717, 1.165) is 4.88 Å². The van der Waals surface area contributed by atoms with E-state index in [9.17, 15) is 14.4 Å². The summed E-state index contributed by atoms with van der Waals surface area (Å²) in [4.78, 5) is 39.8. The Balaban J connectivity index is 1.25. The molecule has 34 heavy (non-hydrogen) atoms. The summed E-state index contributed by atoms with van der Waals surface area (Å²) in [5.41, 5.74) is 1.33. The quantitative estimate of drug-likeness (QED) is 0.490. The van der Waals surface area contributed by atoms with Crippen LogP contribution in [-0.2, 0) is 20.9 Å². The molecule has 1 atom stereocenters. The number of rotatable bonds is 9. The Morgan fingerprint density at radius 1 is 1.06 bits per heavy atom. The molecule has 0 saturated carbocycles. The number of anilines is 2. The predicted octanol–water partition coefficient (Wildman–Crippen LogP) is 3.44. The average molecular weight is 480 g/mol. The van der Waals surface area contributed by atoms with Crippen LogP contribution in [0.4, 0.5) is 11.4 Å². The van der Waals surface area contributed by atoms with Gasteiger partial charge in [-0.05, 0) is 60.0 Å². The number of benzene rings is 2. The van der Waals surface area contributed by atoms with Crippen molar-refractivity contribution in [2.24, 2.45) is 5.92 Å². The van der Waals surface area contributed by atoms with Crippen molar-refractivity contribution in [3.63, 3.8) is 0 Å². The maximum Gasteiger partial charge on any atom is 0.262 e. The molecule has 2 heterocycles. The highest BCUT2D eigenvalue weighted by atomic mass is 32.1. The van der Waals surface area contributed by atoms with Gasteiger partial charge in [-0.3, -0.25) is 14.4 Å². The lowest BCUT2D eigenvalue weighted by atomic mass is 10.1. The zero-order chi connectivity index (χ0) is 23.9. The first kappa shape index (κ1) is 23.3. The van der Waals surface area contributed by atoms with E-state index < -0.39 is 0 Å². The summed E-state index contributed by atoms with van der Waals surface area (Å²) in [5, 5.41) is 7.62. The fourth-order valence-electron chi connectivity index (χ4n) is 3.61. The third kappa shape index (κ3) is 5.93. The first-order chi connectivity index (χ1) is 16.5. The molecule has 1 aliphatic heterocycles. The maximum absolute atomic E-state index is 12.5. The monoisotopic (exact) mass is 479 g/mol. The van der Waals surface area contributed by atoms with E-state index in [1.807, 2.05) is 17.5 Å². The van der Waals surface area contributed by atoms with Crippen LogP contribution in [0.1, 0.15) is 11.3 Å². The van der Waals surface area contributed by atoms with Gasteiger partial charge in [0.1, 0.15) is 11.5 Å². The second kappa shape index (κ2) is 10.8. The molecule has 1 aromatic heterocycles. The highest BCUT2D eigenvalue weighted by molar-refractivity contribution is 7.09. The molecule has 2 aromatic carbocycles.